The Morgan fingerprint density at radius 1 is 0.800 bits per heavy atom. The van der Waals surface area contributed by atoms with Crippen molar-refractivity contribution in [2.45, 2.75) is 0 Å². The van der Waals surface area contributed by atoms with Crippen LogP contribution in [0, 0.1) is 0 Å². The number of anilines is 2. The Morgan fingerprint density at radius 3 is 2.10 bits per heavy atom. The zero-order valence-electron chi connectivity index (χ0n) is 15.7. The Hall–Kier alpha value is -4.33. The van der Waals surface area contributed by atoms with Crippen molar-refractivity contribution < 1.29 is 19.2 Å². The predicted octanol–water partition coefficient (Wildman–Crippen LogP) is 2.57. The second-order valence-electron chi connectivity index (χ2n) is 6.50. The topological polar surface area (TPSA) is 108 Å². The number of nitrogens with one attached hydrogen (secondary N) is 2. The molecule has 8 heteroatoms. The van der Waals surface area contributed by atoms with Crippen LogP contribution in [0.1, 0.15) is 31.1 Å². The van der Waals surface area contributed by atoms with Gasteiger partial charge in [-0.05, 0) is 36.4 Å². The molecule has 4 rings (SSSR count). The van der Waals surface area contributed by atoms with Gasteiger partial charge in [0.15, 0.2) is 0 Å². The van der Waals surface area contributed by atoms with Crippen molar-refractivity contribution in [3.05, 3.63) is 89.6 Å². The maximum atomic E-state index is 12.6. The minimum Gasteiger partial charge on any atom is -0.324 e. The molecule has 3 aromatic rings. The van der Waals surface area contributed by atoms with Gasteiger partial charge in [-0.15, -0.1) is 0 Å². The third kappa shape index (κ3) is 3.66. The van der Waals surface area contributed by atoms with Crippen LogP contribution in [0.5, 0.6) is 0 Å². The Balaban J connectivity index is 1.48. The fourth-order valence-corrected chi connectivity index (χ4v) is 3.13. The highest BCUT2D eigenvalue weighted by Crippen LogP contribution is 2.23. The summed E-state index contributed by atoms with van der Waals surface area (Å²) >= 11 is 0. The lowest BCUT2D eigenvalue weighted by Crippen LogP contribution is -2.37. The number of carbonyl (C=O) groups is 4. The number of carbonyl (C=O) groups excluding carboxylic acids is 4. The molecule has 2 aromatic carbocycles. The summed E-state index contributed by atoms with van der Waals surface area (Å²) in [6, 6.07) is 17.9. The number of hydrogen-bond acceptors (Lipinski definition) is 5. The Kier molecular flexibility index (Phi) is 5.04. The fourth-order valence-electron chi connectivity index (χ4n) is 3.13. The highest BCUT2D eigenvalue weighted by molar-refractivity contribution is 6.22. The van der Waals surface area contributed by atoms with Gasteiger partial charge >= 0.3 is 0 Å². The van der Waals surface area contributed by atoms with E-state index in [2.05, 4.69) is 15.6 Å². The summed E-state index contributed by atoms with van der Waals surface area (Å²) in [7, 11) is 0. The van der Waals surface area contributed by atoms with Gasteiger partial charge in [-0.25, -0.2) is 4.98 Å². The van der Waals surface area contributed by atoms with E-state index in [4.69, 9.17) is 0 Å². The number of hydrogen-bond donors (Lipinski definition) is 2. The van der Waals surface area contributed by atoms with E-state index in [0.717, 1.165) is 4.90 Å². The van der Waals surface area contributed by atoms with Crippen molar-refractivity contribution in [1.82, 2.24) is 9.88 Å². The molecule has 2 N–H and O–H groups in total. The van der Waals surface area contributed by atoms with Gasteiger partial charge in [0, 0.05) is 6.20 Å². The fraction of sp³-hybridized carbons (Fsp3) is 0.0455. The molecule has 0 spiro atoms. The summed E-state index contributed by atoms with van der Waals surface area (Å²) in [5, 5.41) is 5.26. The van der Waals surface area contributed by atoms with Crippen LogP contribution < -0.4 is 10.6 Å². The van der Waals surface area contributed by atoms with E-state index in [1.807, 2.05) is 0 Å². The largest absolute Gasteiger partial charge is 0.324 e. The molecular weight excluding hydrogens is 384 g/mol. The molecule has 30 heavy (non-hydrogen) atoms. The molecule has 0 saturated heterocycles. The number of fused-ring (bicyclic) bond motifs is 1. The number of imide groups is 1. The van der Waals surface area contributed by atoms with Crippen molar-refractivity contribution in [2.75, 3.05) is 17.2 Å². The molecule has 0 fully saturated rings. The first kappa shape index (κ1) is 19.0. The summed E-state index contributed by atoms with van der Waals surface area (Å²) in [5.41, 5.74) is 1.02. The van der Waals surface area contributed by atoms with Crippen LogP contribution in [0.25, 0.3) is 0 Å². The second-order valence-corrected chi connectivity index (χ2v) is 6.50. The predicted molar refractivity (Wildman–Crippen MR) is 109 cm³/mol. The van der Waals surface area contributed by atoms with E-state index in [0.29, 0.717) is 5.82 Å². The molecule has 0 saturated carbocycles. The molecule has 4 amide bonds. The Labute approximate surface area is 171 Å². The average Bonchev–Trinajstić information content (AvgIpc) is 3.00. The molecule has 1 aliphatic rings. The van der Waals surface area contributed by atoms with Crippen LogP contribution in [0.4, 0.5) is 11.5 Å². The molecule has 0 aliphatic carbocycles. The second kappa shape index (κ2) is 7.96. The molecule has 2 heterocycles. The normalized spacial score (nSPS) is 12.5. The maximum Gasteiger partial charge on any atom is 0.262 e. The summed E-state index contributed by atoms with van der Waals surface area (Å²) in [6.07, 6.45) is 1.55. The Bertz CT molecular complexity index is 1130. The SMILES string of the molecule is O=C(CN1C(=O)c2ccccc2C1=O)Nc1ccccc1C(=O)Nc1ccccn1. The van der Waals surface area contributed by atoms with Gasteiger partial charge in [0.25, 0.3) is 17.7 Å². The summed E-state index contributed by atoms with van der Waals surface area (Å²) in [6.45, 7) is -0.456. The third-order valence-corrected chi connectivity index (χ3v) is 4.53. The number of nitrogens with zero attached hydrogens (tertiary/aromatic N) is 2. The maximum absolute atomic E-state index is 12.6. The molecule has 1 aromatic heterocycles. The highest BCUT2D eigenvalue weighted by Gasteiger charge is 2.36. The lowest BCUT2D eigenvalue weighted by molar-refractivity contribution is -0.116. The van der Waals surface area contributed by atoms with Crippen molar-refractivity contribution in [3.63, 3.8) is 0 Å². The summed E-state index contributed by atoms with van der Waals surface area (Å²) in [5.74, 6) is -1.72. The monoisotopic (exact) mass is 400 g/mol. The van der Waals surface area contributed by atoms with Crippen LogP contribution in [-0.2, 0) is 4.79 Å². The van der Waals surface area contributed by atoms with Crippen molar-refractivity contribution in [3.8, 4) is 0 Å². The van der Waals surface area contributed by atoms with Crippen molar-refractivity contribution >= 4 is 35.1 Å². The first-order valence-electron chi connectivity index (χ1n) is 9.11. The van der Waals surface area contributed by atoms with Gasteiger partial charge in [-0.3, -0.25) is 24.1 Å². The number of benzene rings is 2. The molecule has 8 nitrogen and oxygen atoms in total. The number of para-hydroxylation sites is 1. The van der Waals surface area contributed by atoms with Gasteiger partial charge < -0.3 is 10.6 Å². The van der Waals surface area contributed by atoms with Crippen LogP contribution in [-0.4, -0.2) is 40.1 Å². The molecule has 148 valence electrons. The molecule has 1 aliphatic heterocycles. The summed E-state index contributed by atoms with van der Waals surface area (Å²) < 4.78 is 0. The van der Waals surface area contributed by atoms with Crippen LogP contribution in [0.2, 0.25) is 0 Å². The van der Waals surface area contributed by atoms with Crippen LogP contribution >= 0.6 is 0 Å². The van der Waals surface area contributed by atoms with E-state index in [1.165, 1.54) is 0 Å². The molecule has 0 radical (unpaired) electrons. The first-order chi connectivity index (χ1) is 14.5. The molecule has 0 unspecified atom stereocenters. The standard InChI is InChI=1S/C22H16N4O4/c27-19(13-26-21(29)14-7-1-2-8-15(14)22(26)30)24-17-10-4-3-9-16(17)20(28)25-18-11-5-6-12-23-18/h1-12H,13H2,(H,24,27)(H,23,25,28). The van der Waals surface area contributed by atoms with E-state index in [9.17, 15) is 19.2 Å². The molecule has 0 bridgehead atoms. The smallest absolute Gasteiger partial charge is 0.262 e. The number of amides is 4. The lowest BCUT2D eigenvalue weighted by Gasteiger charge is -2.15. The number of rotatable bonds is 5. The molecular formula is C22H16N4O4. The quantitative estimate of drug-likeness (QED) is 0.640. The zero-order chi connectivity index (χ0) is 21.1. The van der Waals surface area contributed by atoms with E-state index in [-0.39, 0.29) is 22.4 Å². The van der Waals surface area contributed by atoms with Gasteiger partial charge in [-0.1, -0.05) is 30.3 Å². The van der Waals surface area contributed by atoms with Gasteiger partial charge in [0.1, 0.15) is 12.4 Å². The van der Waals surface area contributed by atoms with Crippen LogP contribution in [0.15, 0.2) is 72.9 Å². The Morgan fingerprint density at radius 2 is 1.43 bits per heavy atom. The van der Waals surface area contributed by atoms with Crippen LogP contribution in [0.3, 0.4) is 0 Å². The average molecular weight is 400 g/mol. The minimum absolute atomic E-state index is 0.221. The van der Waals surface area contributed by atoms with E-state index >= 15 is 0 Å². The van der Waals surface area contributed by atoms with E-state index in [1.54, 1.807) is 72.9 Å². The lowest BCUT2D eigenvalue weighted by atomic mass is 10.1. The zero-order valence-corrected chi connectivity index (χ0v) is 15.7. The first-order valence-corrected chi connectivity index (χ1v) is 9.11. The minimum atomic E-state index is -0.595. The summed E-state index contributed by atoms with van der Waals surface area (Å²) in [4.78, 5) is 54.9. The molecule has 0 atom stereocenters. The third-order valence-electron chi connectivity index (χ3n) is 4.53. The van der Waals surface area contributed by atoms with Gasteiger partial charge in [-0.2, -0.15) is 0 Å². The number of aromatic nitrogens is 1. The van der Waals surface area contributed by atoms with Crippen molar-refractivity contribution in [2.24, 2.45) is 0 Å². The highest BCUT2D eigenvalue weighted by atomic mass is 16.2. The number of pyridine rings is 1. The van der Waals surface area contributed by atoms with Gasteiger partial charge in [0.05, 0.1) is 22.4 Å². The van der Waals surface area contributed by atoms with E-state index < -0.39 is 30.2 Å². The van der Waals surface area contributed by atoms with Gasteiger partial charge in [0.2, 0.25) is 5.91 Å². The van der Waals surface area contributed by atoms with Crippen molar-refractivity contribution in [1.29, 1.82) is 0 Å².